The number of aliphatic imine (C=N–C) groups is 1. The van der Waals surface area contributed by atoms with Gasteiger partial charge in [-0.1, -0.05) is 83.1 Å². The van der Waals surface area contributed by atoms with Crippen molar-refractivity contribution in [3.05, 3.63) is 72.3 Å². The number of hydrogen-bond acceptors (Lipinski definition) is 8. The molecule has 3 N–H and O–H groups in total. The number of hydrogen-bond donors (Lipinski definition) is 3. The molecule has 2 saturated heterocycles. The molecule has 310 valence electrons. The number of ether oxygens (including phenoxy) is 2. The van der Waals surface area contributed by atoms with Gasteiger partial charge < -0.3 is 34.9 Å². The molecule has 4 atom stereocenters. The van der Waals surface area contributed by atoms with Gasteiger partial charge in [0.05, 0.1) is 30.6 Å². The Kier molecular flexibility index (Phi) is 14.0. The summed E-state index contributed by atoms with van der Waals surface area (Å²) in [5, 5.41) is 5.41. The fraction of sp³-hybridized carbons (Fsp3) is 0.500. The number of halogens is 1. The summed E-state index contributed by atoms with van der Waals surface area (Å²) >= 11 is 0. The third-order valence-corrected chi connectivity index (χ3v) is 11.1. The van der Waals surface area contributed by atoms with Crippen LogP contribution in [0.25, 0.3) is 28.0 Å². The Morgan fingerprint density at radius 3 is 1.84 bits per heavy atom. The van der Waals surface area contributed by atoms with Crippen molar-refractivity contribution >= 4 is 35.3 Å². The van der Waals surface area contributed by atoms with Crippen LogP contribution < -0.4 is 10.6 Å². The smallest absolute Gasteiger partial charge is 0.407 e. The number of nitrogens with one attached hydrogen (secondary N) is 3. The molecule has 2 fully saturated rings. The molecule has 3 aliphatic heterocycles. The Hall–Kier alpha value is -5.53. The van der Waals surface area contributed by atoms with Crippen LogP contribution in [0.3, 0.4) is 0 Å². The lowest BCUT2D eigenvalue weighted by Gasteiger charge is -2.31. The van der Waals surface area contributed by atoms with Crippen LogP contribution in [0.1, 0.15) is 90.6 Å². The number of allylic oxidation sites excluding steroid dienone is 1. The Morgan fingerprint density at radius 1 is 0.776 bits per heavy atom. The van der Waals surface area contributed by atoms with E-state index >= 15 is 0 Å². The lowest BCUT2D eigenvalue weighted by Crippen LogP contribution is -2.53. The average molecular weight is 798 g/mol. The first-order valence-corrected chi connectivity index (χ1v) is 20.5. The van der Waals surface area contributed by atoms with Gasteiger partial charge in [0.15, 0.2) is 0 Å². The number of benzene rings is 2. The van der Waals surface area contributed by atoms with Crippen LogP contribution in [-0.4, -0.2) is 101 Å². The van der Waals surface area contributed by atoms with E-state index in [4.69, 9.17) is 14.5 Å². The van der Waals surface area contributed by atoms with Crippen LogP contribution in [0, 0.1) is 11.8 Å². The normalized spacial score (nSPS) is 18.9. The highest BCUT2D eigenvalue weighted by Gasteiger charge is 2.39. The van der Waals surface area contributed by atoms with Crippen molar-refractivity contribution in [2.45, 2.75) is 97.3 Å². The molecule has 0 aliphatic carbocycles. The van der Waals surface area contributed by atoms with Gasteiger partial charge in [0.2, 0.25) is 11.8 Å². The molecule has 0 saturated carbocycles. The molecule has 6 rings (SSSR count). The predicted octanol–water partition coefficient (Wildman–Crippen LogP) is 7.46. The van der Waals surface area contributed by atoms with Gasteiger partial charge in [-0.3, -0.25) is 14.6 Å². The standard InChI is InChI=1S/C44H56FN7O6/c1-6-22-57-43(55)49-38(27(2)3)41(53)51-20-7-9-36(51)34-24-33(25-46-34)31-13-11-29(12-14-31)30-15-17-32(18-16-30)35-26-47-40(48-35)37-10-8-21-52(37)42(54)39(28(4)5)50-44(56)58-23-19-45/h11-18,25-28,36-39H,6-10,19-24H2,1-5H3,(H,47,48)(H,49,55)(H,50,56)/t36-,37-,38-,39-/m0/s1. The van der Waals surface area contributed by atoms with Crippen molar-refractivity contribution in [2.24, 2.45) is 16.8 Å². The zero-order chi connectivity index (χ0) is 41.3. The summed E-state index contributed by atoms with van der Waals surface area (Å²) in [4.78, 5) is 68.4. The topological polar surface area (TPSA) is 158 Å². The van der Waals surface area contributed by atoms with Crippen molar-refractivity contribution in [3.8, 4) is 22.4 Å². The number of aromatic nitrogens is 2. The summed E-state index contributed by atoms with van der Waals surface area (Å²) in [7, 11) is 0. The van der Waals surface area contributed by atoms with Gasteiger partial charge in [-0.05, 0) is 71.8 Å². The van der Waals surface area contributed by atoms with Gasteiger partial charge in [0, 0.05) is 31.4 Å². The average Bonchev–Trinajstić information content (AvgIpc) is 4.07. The van der Waals surface area contributed by atoms with Gasteiger partial charge in [-0.15, -0.1) is 0 Å². The maximum atomic E-state index is 13.7. The van der Waals surface area contributed by atoms with Crippen molar-refractivity contribution in [3.63, 3.8) is 0 Å². The predicted molar refractivity (Wildman–Crippen MR) is 220 cm³/mol. The second kappa shape index (κ2) is 19.3. The summed E-state index contributed by atoms with van der Waals surface area (Å²) < 4.78 is 22.5. The largest absolute Gasteiger partial charge is 0.450 e. The second-order valence-electron chi connectivity index (χ2n) is 15.9. The number of nitrogens with zero attached hydrogens (tertiary/aromatic N) is 4. The minimum Gasteiger partial charge on any atom is -0.450 e. The van der Waals surface area contributed by atoms with E-state index in [9.17, 15) is 23.6 Å². The van der Waals surface area contributed by atoms with Crippen molar-refractivity contribution in [1.29, 1.82) is 0 Å². The van der Waals surface area contributed by atoms with E-state index < -0.39 is 30.9 Å². The molecule has 3 aliphatic rings. The number of alkyl halides is 1. The summed E-state index contributed by atoms with van der Waals surface area (Å²) in [6.07, 6.45) is 6.95. The number of carbonyl (C=O) groups excluding carboxylic acids is 4. The fourth-order valence-corrected chi connectivity index (χ4v) is 7.94. The zero-order valence-electron chi connectivity index (χ0n) is 34.1. The maximum absolute atomic E-state index is 13.7. The Bertz CT molecular complexity index is 1980. The Morgan fingerprint density at radius 2 is 1.29 bits per heavy atom. The maximum Gasteiger partial charge on any atom is 0.407 e. The van der Waals surface area contributed by atoms with Crippen LogP contribution in [-0.2, 0) is 19.1 Å². The van der Waals surface area contributed by atoms with Crippen molar-refractivity contribution in [2.75, 3.05) is 33.0 Å². The SMILES string of the molecule is CCCOC(=O)N[C@H](C(=O)N1CCC[C@H]1C1=NC=C(c2ccc(-c3ccc(-c4cnc([C@@H]5CCCN5C(=O)[C@@H](NC(=O)OCCF)C(C)C)[nH]4)cc3)cc2)C1)C(C)C. The van der Waals surface area contributed by atoms with Crippen LogP contribution in [0.2, 0.25) is 0 Å². The third-order valence-electron chi connectivity index (χ3n) is 11.1. The number of rotatable bonds is 15. The molecule has 2 aromatic carbocycles. The van der Waals surface area contributed by atoms with E-state index in [-0.39, 0.29) is 42.3 Å². The van der Waals surface area contributed by atoms with E-state index in [2.05, 4.69) is 57.0 Å². The molecule has 0 bridgehead atoms. The van der Waals surface area contributed by atoms with Crippen LogP contribution >= 0.6 is 0 Å². The van der Waals surface area contributed by atoms with Gasteiger partial charge in [-0.25, -0.2) is 19.0 Å². The minimum atomic E-state index is -0.809. The molecule has 13 nitrogen and oxygen atoms in total. The molecule has 3 aromatic rings. The van der Waals surface area contributed by atoms with Crippen LogP contribution in [0.4, 0.5) is 14.0 Å². The second-order valence-corrected chi connectivity index (χ2v) is 15.9. The van der Waals surface area contributed by atoms with E-state index in [0.29, 0.717) is 38.4 Å². The number of aromatic amines is 1. The van der Waals surface area contributed by atoms with Gasteiger partial charge in [-0.2, -0.15) is 0 Å². The molecular formula is C44H56FN7O6. The Balaban J connectivity index is 1.05. The number of carbonyl (C=O) groups is 4. The van der Waals surface area contributed by atoms with E-state index in [1.165, 1.54) is 0 Å². The summed E-state index contributed by atoms with van der Waals surface area (Å²) in [5.41, 5.74) is 7.06. The van der Waals surface area contributed by atoms with Gasteiger partial charge in [0.1, 0.15) is 31.2 Å². The van der Waals surface area contributed by atoms with E-state index in [1.54, 1.807) is 11.1 Å². The van der Waals surface area contributed by atoms with Crippen molar-refractivity contribution in [1.82, 2.24) is 30.4 Å². The molecule has 58 heavy (non-hydrogen) atoms. The van der Waals surface area contributed by atoms with E-state index in [1.807, 2.05) is 57.9 Å². The number of amides is 4. The van der Waals surface area contributed by atoms with Gasteiger partial charge >= 0.3 is 12.2 Å². The zero-order valence-corrected chi connectivity index (χ0v) is 34.1. The third kappa shape index (κ3) is 9.76. The van der Waals surface area contributed by atoms with Gasteiger partial charge in [0.25, 0.3) is 0 Å². The monoisotopic (exact) mass is 797 g/mol. The number of imidazole rings is 1. The number of likely N-dealkylation sites (tertiary alicyclic amines) is 2. The van der Waals surface area contributed by atoms with E-state index in [0.717, 1.165) is 64.9 Å². The summed E-state index contributed by atoms with van der Waals surface area (Å²) in [6.45, 7) is 9.81. The highest BCUT2D eigenvalue weighted by molar-refractivity contribution is 6.04. The molecule has 4 amide bonds. The molecular weight excluding hydrogens is 742 g/mol. The molecule has 0 radical (unpaired) electrons. The summed E-state index contributed by atoms with van der Waals surface area (Å²) in [6, 6.07) is 14.8. The summed E-state index contributed by atoms with van der Waals surface area (Å²) in [5.74, 6) is 0.0842. The highest BCUT2D eigenvalue weighted by Crippen LogP contribution is 2.34. The quantitative estimate of drug-likeness (QED) is 0.144. The first-order valence-electron chi connectivity index (χ1n) is 20.5. The molecule has 0 spiro atoms. The lowest BCUT2D eigenvalue weighted by atomic mass is 9.95. The number of alkyl carbamates (subject to hydrolysis) is 2. The molecule has 4 heterocycles. The lowest BCUT2D eigenvalue weighted by molar-refractivity contribution is -0.135. The first kappa shape index (κ1) is 42.1. The minimum absolute atomic E-state index is 0.0911. The Labute approximate surface area is 339 Å². The first-order chi connectivity index (χ1) is 28.0. The molecule has 14 heteroatoms. The highest BCUT2D eigenvalue weighted by atomic mass is 19.1. The van der Waals surface area contributed by atoms with Crippen LogP contribution in [0.5, 0.6) is 0 Å². The van der Waals surface area contributed by atoms with Crippen molar-refractivity contribution < 1.29 is 33.0 Å². The fourth-order valence-electron chi connectivity index (χ4n) is 7.94. The van der Waals surface area contributed by atoms with Crippen LogP contribution in [0.15, 0.2) is 65.9 Å². The molecule has 1 aromatic heterocycles. The molecule has 0 unspecified atom stereocenters. The number of H-pyrrole nitrogens is 1.